The van der Waals surface area contributed by atoms with E-state index in [4.69, 9.17) is 8.83 Å². The molecule has 1 aromatic carbocycles. The standard InChI is InChI=1S/C18H19N3O4S/c1-10(22)19-12-5-6-13-11(7-15(23)24-14(13)8-12)9-26-17-21-20-16(25-17)18(2,3)4/h5-8H,9H2,1-4H3,(H,19,22). The van der Waals surface area contributed by atoms with Crippen molar-refractivity contribution in [3.8, 4) is 0 Å². The first-order chi connectivity index (χ1) is 12.2. The zero-order valence-electron chi connectivity index (χ0n) is 15.0. The molecule has 0 aliphatic rings. The molecular formula is C18H19N3O4S. The third-order valence-electron chi connectivity index (χ3n) is 3.55. The molecule has 0 aliphatic carbocycles. The molecule has 0 saturated carbocycles. The van der Waals surface area contributed by atoms with Crippen molar-refractivity contribution in [2.75, 3.05) is 5.32 Å². The average Bonchev–Trinajstić information content (AvgIpc) is 3.00. The van der Waals surface area contributed by atoms with Gasteiger partial charge in [-0.3, -0.25) is 4.79 Å². The number of carbonyl (C=O) groups is 1. The van der Waals surface area contributed by atoms with Crippen LogP contribution in [-0.2, 0) is 16.0 Å². The zero-order chi connectivity index (χ0) is 18.9. The molecule has 26 heavy (non-hydrogen) atoms. The van der Waals surface area contributed by atoms with Gasteiger partial charge in [0.1, 0.15) is 5.58 Å². The van der Waals surface area contributed by atoms with Crippen molar-refractivity contribution in [1.29, 1.82) is 0 Å². The summed E-state index contributed by atoms with van der Waals surface area (Å²) in [6, 6.07) is 6.67. The van der Waals surface area contributed by atoms with Crippen LogP contribution in [0.15, 0.2) is 43.1 Å². The fraction of sp³-hybridized carbons (Fsp3) is 0.333. The molecule has 1 amide bonds. The Labute approximate surface area is 154 Å². The molecular weight excluding hydrogens is 354 g/mol. The summed E-state index contributed by atoms with van der Waals surface area (Å²) in [5.74, 6) is 0.856. The number of rotatable bonds is 4. The summed E-state index contributed by atoms with van der Waals surface area (Å²) in [4.78, 5) is 23.1. The highest BCUT2D eigenvalue weighted by atomic mass is 32.2. The normalized spacial score (nSPS) is 11.7. The Hall–Kier alpha value is -2.61. The van der Waals surface area contributed by atoms with E-state index in [0.717, 1.165) is 10.9 Å². The van der Waals surface area contributed by atoms with Crippen LogP contribution in [-0.4, -0.2) is 16.1 Å². The molecule has 0 aliphatic heterocycles. The highest BCUT2D eigenvalue weighted by molar-refractivity contribution is 7.98. The van der Waals surface area contributed by atoms with E-state index >= 15 is 0 Å². The first kappa shape index (κ1) is 18.2. The zero-order valence-corrected chi connectivity index (χ0v) is 15.8. The third kappa shape index (κ3) is 4.13. The largest absolute Gasteiger partial charge is 0.423 e. The molecule has 3 aromatic rings. The van der Waals surface area contributed by atoms with Gasteiger partial charge in [0.05, 0.1) is 0 Å². The fourth-order valence-corrected chi connectivity index (χ4v) is 3.10. The Morgan fingerprint density at radius 1 is 1.19 bits per heavy atom. The summed E-state index contributed by atoms with van der Waals surface area (Å²) in [5.41, 5.74) is 1.12. The topological polar surface area (TPSA) is 98.2 Å². The van der Waals surface area contributed by atoms with E-state index in [2.05, 4.69) is 15.5 Å². The molecule has 8 heteroatoms. The molecule has 2 heterocycles. The minimum Gasteiger partial charge on any atom is -0.423 e. The molecule has 0 unspecified atom stereocenters. The van der Waals surface area contributed by atoms with E-state index in [9.17, 15) is 9.59 Å². The SMILES string of the molecule is CC(=O)Nc1ccc2c(CSc3nnc(C(C)(C)C)o3)cc(=O)oc2c1. The van der Waals surface area contributed by atoms with E-state index in [1.807, 2.05) is 26.8 Å². The molecule has 0 atom stereocenters. The molecule has 136 valence electrons. The van der Waals surface area contributed by atoms with Gasteiger partial charge in [-0.15, -0.1) is 10.2 Å². The number of fused-ring (bicyclic) bond motifs is 1. The predicted molar refractivity (Wildman–Crippen MR) is 99.3 cm³/mol. The number of carbonyl (C=O) groups excluding carboxylic acids is 1. The average molecular weight is 373 g/mol. The minimum absolute atomic E-state index is 0.190. The Morgan fingerprint density at radius 2 is 1.96 bits per heavy atom. The Kier molecular flexibility index (Phi) is 4.86. The number of nitrogens with one attached hydrogen (secondary N) is 1. The maximum atomic E-state index is 11.9. The van der Waals surface area contributed by atoms with Crippen LogP contribution in [0.1, 0.15) is 39.1 Å². The van der Waals surface area contributed by atoms with Gasteiger partial charge >= 0.3 is 5.63 Å². The van der Waals surface area contributed by atoms with E-state index in [-0.39, 0.29) is 11.3 Å². The Bertz CT molecular complexity index is 1020. The van der Waals surface area contributed by atoms with Gasteiger partial charge < -0.3 is 14.2 Å². The minimum atomic E-state index is -0.450. The maximum Gasteiger partial charge on any atom is 0.336 e. The summed E-state index contributed by atoms with van der Waals surface area (Å²) < 4.78 is 10.9. The number of nitrogens with zero attached hydrogens (tertiary/aromatic N) is 2. The maximum absolute atomic E-state index is 11.9. The van der Waals surface area contributed by atoms with Crippen molar-refractivity contribution in [2.45, 2.75) is 44.1 Å². The van der Waals surface area contributed by atoms with Crippen molar-refractivity contribution in [2.24, 2.45) is 0 Å². The number of aromatic nitrogens is 2. The lowest BCUT2D eigenvalue weighted by Crippen LogP contribution is -2.11. The Morgan fingerprint density at radius 3 is 2.62 bits per heavy atom. The number of anilines is 1. The summed E-state index contributed by atoms with van der Waals surface area (Å²) >= 11 is 1.36. The summed E-state index contributed by atoms with van der Waals surface area (Å²) in [6.07, 6.45) is 0. The first-order valence-electron chi connectivity index (χ1n) is 8.03. The quantitative estimate of drug-likeness (QED) is 0.549. The van der Waals surface area contributed by atoms with Crippen LogP contribution in [0, 0.1) is 0 Å². The van der Waals surface area contributed by atoms with E-state index in [0.29, 0.717) is 28.1 Å². The summed E-state index contributed by atoms with van der Waals surface area (Å²) in [6.45, 7) is 7.41. The lowest BCUT2D eigenvalue weighted by Gasteiger charge is -2.10. The van der Waals surface area contributed by atoms with Gasteiger partial charge in [-0.1, -0.05) is 32.5 Å². The van der Waals surface area contributed by atoms with E-state index < -0.39 is 5.63 Å². The second kappa shape index (κ2) is 6.95. The van der Waals surface area contributed by atoms with Crippen LogP contribution >= 0.6 is 11.8 Å². The van der Waals surface area contributed by atoms with Crippen LogP contribution in [0.5, 0.6) is 0 Å². The highest BCUT2D eigenvalue weighted by Gasteiger charge is 2.21. The van der Waals surface area contributed by atoms with Crippen LogP contribution in [0.3, 0.4) is 0 Å². The summed E-state index contributed by atoms with van der Waals surface area (Å²) in [5, 5.41) is 12.0. The summed E-state index contributed by atoms with van der Waals surface area (Å²) in [7, 11) is 0. The lowest BCUT2D eigenvalue weighted by atomic mass is 9.97. The van der Waals surface area contributed by atoms with Crippen LogP contribution in [0.2, 0.25) is 0 Å². The smallest absolute Gasteiger partial charge is 0.336 e. The van der Waals surface area contributed by atoms with Gasteiger partial charge in [0, 0.05) is 41.3 Å². The van der Waals surface area contributed by atoms with Crippen LogP contribution in [0.4, 0.5) is 5.69 Å². The van der Waals surface area contributed by atoms with Gasteiger partial charge in [-0.25, -0.2) is 4.79 Å². The van der Waals surface area contributed by atoms with Gasteiger partial charge in [-0.05, 0) is 17.7 Å². The number of hydrogen-bond acceptors (Lipinski definition) is 7. The fourth-order valence-electron chi connectivity index (χ4n) is 2.34. The monoisotopic (exact) mass is 373 g/mol. The highest BCUT2D eigenvalue weighted by Crippen LogP contribution is 2.29. The van der Waals surface area contributed by atoms with Crippen molar-refractivity contribution >= 4 is 34.3 Å². The molecule has 0 bridgehead atoms. The van der Waals surface area contributed by atoms with Gasteiger partial charge in [0.2, 0.25) is 11.8 Å². The van der Waals surface area contributed by atoms with E-state index in [1.165, 1.54) is 24.8 Å². The van der Waals surface area contributed by atoms with Gasteiger partial charge in [0.15, 0.2) is 0 Å². The molecule has 7 nitrogen and oxygen atoms in total. The molecule has 2 aromatic heterocycles. The molecule has 1 N–H and O–H groups in total. The first-order valence-corrected chi connectivity index (χ1v) is 9.02. The second-order valence-electron chi connectivity index (χ2n) is 6.89. The number of hydrogen-bond donors (Lipinski definition) is 1. The Balaban J connectivity index is 1.86. The molecule has 0 spiro atoms. The molecule has 0 fully saturated rings. The number of amides is 1. The van der Waals surface area contributed by atoms with Gasteiger partial charge in [0.25, 0.3) is 5.22 Å². The van der Waals surface area contributed by atoms with E-state index in [1.54, 1.807) is 12.1 Å². The molecule has 0 radical (unpaired) electrons. The second-order valence-corrected chi connectivity index (χ2v) is 7.82. The predicted octanol–water partition coefficient (Wildman–Crippen LogP) is 3.72. The van der Waals surface area contributed by atoms with Crippen molar-refractivity contribution in [1.82, 2.24) is 10.2 Å². The van der Waals surface area contributed by atoms with Crippen LogP contribution < -0.4 is 10.9 Å². The lowest BCUT2D eigenvalue weighted by molar-refractivity contribution is -0.114. The number of thioether (sulfide) groups is 1. The molecule has 0 saturated heterocycles. The van der Waals surface area contributed by atoms with Crippen molar-refractivity contribution in [3.63, 3.8) is 0 Å². The van der Waals surface area contributed by atoms with Crippen molar-refractivity contribution in [3.05, 3.63) is 46.1 Å². The third-order valence-corrected chi connectivity index (χ3v) is 4.42. The van der Waals surface area contributed by atoms with Crippen LogP contribution in [0.25, 0.3) is 11.0 Å². The number of benzene rings is 1. The van der Waals surface area contributed by atoms with Crippen molar-refractivity contribution < 1.29 is 13.6 Å². The van der Waals surface area contributed by atoms with Gasteiger partial charge in [-0.2, -0.15) is 0 Å². The molecule has 3 rings (SSSR count).